The number of hydrogen-bond acceptors (Lipinski definition) is 4. The largest absolute Gasteiger partial charge is 0.496 e. The monoisotopic (exact) mass is 252 g/mol. The predicted octanol–water partition coefficient (Wildman–Crippen LogP) is 1.56. The Kier molecular flexibility index (Phi) is 5.61. The average molecular weight is 252 g/mol. The molecule has 0 saturated carbocycles. The maximum atomic E-state index is 11.1. The summed E-state index contributed by atoms with van der Waals surface area (Å²) in [5, 5.41) is 5.81. The highest BCUT2D eigenvalue weighted by atomic mass is 16.5. The van der Waals surface area contributed by atoms with E-state index in [1.54, 1.807) is 20.3 Å². The van der Waals surface area contributed by atoms with Crippen molar-refractivity contribution in [2.24, 2.45) is 0 Å². The van der Waals surface area contributed by atoms with Gasteiger partial charge in [0.2, 0.25) is 5.91 Å². The summed E-state index contributed by atoms with van der Waals surface area (Å²) in [5.74, 6) is 0.639. The first-order valence-electron chi connectivity index (χ1n) is 5.75. The fourth-order valence-electron chi connectivity index (χ4n) is 1.77. The number of anilines is 1. The lowest BCUT2D eigenvalue weighted by atomic mass is 10.1. The molecule has 0 aliphatic heterocycles. The molecule has 0 aromatic heterocycles. The minimum atomic E-state index is -0.126. The molecular weight excluding hydrogens is 232 g/mol. The summed E-state index contributed by atoms with van der Waals surface area (Å²) in [5.41, 5.74) is 1.64. The molecule has 2 N–H and O–H groups in total. The lowest BCUT2D eigenvalue weighted by Gasteiger charge is -2.19. The SMILES string of the molecule is CNCC(OC)c1cc(NC(C)=O)ccc1OC. The van der Waals surface area contributed by atoms with Crippen molar-refractivity contribution in [2.75, 3.05) is 33.1 Å². The average Bonchev–Trinajstić information content (AvgIpc) is 2.35. The quantitative estimate of drug-likeness (QED) is 0.806. The van der Waals surface area contributed by atoms with Gasteiger partial charge in [-0.15, -0.1) is 0 Å². The number of carbonyl (C=O) groups is 1. The van der Waals surface area contributed by atoms with Crippen LogP contribution in [0, 0.1) is 0 Å². The van der Waals surface area contributed by atoms with Crippen molar-refractivity contribution in [1.82, 2.24) is 5.32 Å². The topological polar surface area (TPSA) is 59.6 Å². The van der Waals surface area contributed by atoms with E-state index in [0.717, 1.165) is 17.0 Å². The summed E-state index contributed by atoms with van der Waals surface area (Å²) in [6.07, 6.45) is -0.126. The Morgan fingerprint density at radius 2 is 2.11 bits per heavy atom. The van der Waals surface area contributed by atoms with Crippen molar-refractivity contribution < 1.29 is 14.3 Å². The van der Waals surface area contributed by atoms with Gasteiger partial charge in [-0.1, -0.05) is 0 Å². The number of benzene rings is 1. The van der Waals surface area contributed by atoms with E-state index in [1.807, 2.05) is 19.2 Å². The maximum Gasteiger partial charge on any atom is 0.221 e. The van der Waals surface area contributed by atoms with E-state index in [2.05, 4.69) is 10.6 Å². The number of ether oxygens (including phenoxy) is 2. The van der Waals surface area contributed by atoms with Gasteiger partial charge in [0.1, 0.15) is 5.75 Å². The van der Waals surface area contributed by atoms with Crippen LogP contribution < -0.4 is 15.4 Å². The van der Waals surface area contributed by atoms with E-state index in [9.17, 15) is 4.79 Å². The number of rotatable bonds is 6. The summed E-state index contributed by atoms with van der Waals surface area (Å²) < 4.78 is 10.7. The van der Waals surface area contributed by atoms with Crippen LogP contribution in [0.4, 0.5) is 5.69 Å². The van der Waals surface area contributed by atoms with Gasteiger partial charge in [0.25, 0.3) is 0 Å². The van der Waals surface area contributed by atoms with Crippen LogP contribution in [0.2, 0.25) is 0 Å². The molecule has 0 saturated heterocycles. The Bertz CT molecular complexity index is 407. The molecule has 0 aliphatic carbocycles. The molecular formula is C13H20N2O3. The van der Waals surface area contributed by atoms with Crippen LogP contribution in [-0.2, 0) is 9.53 Å². The van der Waals surface area contributed by atoms with Crippen LogP contribution in [0.15, 0.2) is 18.2 Å². The predicted molar refractivity (Wildman–Crippen MR) is 71.0 cm³/mol. The molecule has 0 radical (unpaired) electrons. The molecule has 1 atom stereocenters. The number of methoxy groups -OCH3 is 2. The van der Waals surface area contributed by atoms with Gasteiger partial charge in [-0.25, -0.2) is 0 Å². The number of hydrogen-bond donors (Lipinski definition) is 2. The molecule has 1 aromatic rings. The van der Waals surface area contributed by atoms with Crippen LogP contribution in [0.3, 0.4) is 0 Å². The van der Waals surface area contributed by atoms with Gasteiger partial charge in [-0.2, -0.15) is 0 Å². The Balaban J connectivity index is 3.07. The summed E-state index contributed by atoms with van der Waals surface area (Å²) in [7, 11) is 5.12. The number of nitrogens with one attached hydrogen (secondary N) is 2. The Labute approximate surface area is 107 Å². The Morgan fingerprint density at radius 1 is 1.39 bits per heavy atom. The molecule has 0 fully saturated rings. The zero-order valence-corrected chi connectivity index (χ0v) is 11.2. The summed E-state index contributed by atoms with van der Waals surface area (Å²) >= 11 is 0. The van der Waals surface area contributed by atoms with Gasteiger partial charge in [0.15, 0.2) is 0 Å². The lowest BCUT2D eigenvalue weighted by molar-refractivity contribution is -0.114. The van der Waals surface area contributed by atoms with E-state index in [0.29, 0.717) is 6.54 Å². The highest BCUT2D eigenvalue weighted by Gasteiger charge is 2.15. The molecule has 1 aromatic carbocycles. The van der Waals surface area contributed by atoms with E-state index in [4.69, 9.17) is 9.47 Å². The van der Waals surface area contributed by atoms with Crippen LogP contribution in [0.1, 0.15) is 18.6 Å². The zero-order chi connectivity index (χ0) is 13.5. The van der Waals surface area contributed by atoms with Crippen molar-refractivity contribution in [3.05, 3.63) is 23.8 Å². The Morgan fingerprint density at radius 3 is 2.61 bits per heavy atom. The first kappa shape index (κ1) is 14.5. The second-order valence-electron chi connectivity index (χ2n) is 3.92. The molecule has 100 valence electrons. The van der Waals surface area contributed by atoms with Gasteiger partial charge < -0.3 is 20.1 Å². The first-order chi connectivity index (χ1) is 8.62. The van der Waals surface area contributed by atoms with Gasteiger partial charge in [0.05, 0.1) is 13.2 Å². The van der Waals surface area contributed by atoms with E-state index in [-0.39, 0.29) is 12.0 Å². The van der Waals surface area contributed by atoms with Crippen molar-refractivity contribution in [2.45, 2.75) is 13.0 Å². The standard InChI is InChI=1S/C13H20N2O3/c1-9(16)15-10-5-6-12(17-3)11(7-10)13(18-4)8-14-2/h5-7,13-14H,8H2,1-4H3,(H,15,16). The molecule has 0 aliphatic rings. The smallest absolute Gasteiger partial charge is 0.221 e. The fourth-order valence-corrected chi connectivity index (χ4v) is 1.77. The van der Waals surface area contributed by atoms with Crippen LogP contribution in [0.5, 0.6) is 5.75 Å². The molecule has 0 heterocycles. The minimum Gasteiger partial charge on any atom is -0.496 e. The highest BCUT2D eigenvalue weighted by Crippen LogP contribution is 2.29. The molecule has 18 heavy (non-hydrogen) atoms. The number of likely N-dealkylation sites (N-methyl/N-ethyl adjacent to an activating group) is 1. The van der Waals surface area contributed by atoms with Crippen molar-refractivity contribution in [3.8, 4) is 5.75 Å². The van der Waals surface area contributed by atoms with Gasteiger partial charge in [-0.3, -0.25) is 4.79 Å². The fraction of sp³-hybridized carbons (Fsp3) is 0.462. The second-order valence-corrected chi connectivity index (χ2v) is 3.92. The first-order valence-corrected chi connectivity index (χ1v) is 5.75. The summed E-state index contributed by atoms with van der Waals surface area (Å²) in [4.78, 5) is 11.1. The van der Waals surface area contributed by atoms with E-state index >= 15 is 0 Å². The summed E-state index contributed by atoms with van der Waals surface area (Å²) in [6, 6.07) is 5.49. The lowest BCUT2D eigenvalue weighted by Crippen LogP contribution is -2.19. The van der Waals surface area contributed by atoms with Crippen LogP contribution in [0.25, 0.3) is 0 Å². The molecule has 5 nitrogen and oxygen atoms in total. The molecule has 1 unspecified atom stereocenters. The third-order valence-corrected chi connectivity index (χ3v) is 2.57. The second kappa shape index (κ2) is 6.98. The maximum absolute atomic E-state index is 11.1. The minimum absolute atomic E-state index is 0.103. The van der Waals surface area contributed by atoms with Gasteiger partial charge >= 0.3 is 0 Å². The number of carbonyl (C=O) groups excluding carboxylic acids is 1. The normalized spacial score (nSPS) is 12.0. The van der Waals surface area contributed by atoms with E-state index < -0.39 is 0 Å². The molecule has 1 amide bonds. The van der Waals surface area contributed by atoms with E-state index in [1.165, 1.54) is 6.92 Å². The van der Waals surface area contributed by atoms with Crippen molar-refractivity contribution in [1.29, 1.82) is 0 Å². The molecule has 0 bridgehead atoms. The van der Waals surface area contributed by atoms with Crippen LogP contribution in [-0.4, -0.2) is 33.7 Å². The van der Waals surface area contributed by atoms with Crippen molar-refractivity contribution in [3.63, 3.8) is 0 Å². The summed E-state index contributed by atoms with van der Waals surface area (Å²) in [6.45, 7) is 2.14. The zero-order valence-electron chi connectivity index (χ0n) is 11.2. The van der Waals surface area contributed by atoms with Gasteiger partial charge in [0, 0.05) is 31.8 Å². The van der Waals surface area contributed by atoms with Gasteiger partial charge in [-0.05, 0) is 25.2 Å². The molecule has 5 heteroatoms. The third-order valence-electron chi connectivity index (χ3n) is 2.57. The highest BCUT2D eigenvalue weighted by molar-refractivity contribution is 5.88. The Hall–Kier alpha value is -1.59. The third kappa shape index (κ3) is 3.72. The van der Waals surface area contributed by atoms with Crippen molar-refractivity contribution >= 4 is 11.6 Å². The number of amides is 1. The van der Waals surface area contributed by atoms with Crippen LogP contribution >= 0.6 is 0 Å². The molecule has 1 rings (SSSR count). The molecule has 0 spiro atoms.